The molecule has 1 atom stereocenters. The van der Waals surface area contributed by atoms with Crippen molar-refractivity contribution in [1.29, 1.82) is 0 Å². The molecule has 1 aliphatic heterocycles. The summed E-state index contributed by atoms with van der Waals surface area (Å²) in [7, 11) is 1.71. The Bertz CT molecular complexity index is 610. The van der Waals surface area contributed by atoms with E-state index in [9.17, 15) is 0 Å². The van der Waals surface area contributed by atoms with Crippen molar-refractivity contribution < 1.29 is 9.47 Å². The highest BCUT2D eigenvalue weighted by Gasteiger charge is 2.21. The van der Waals surface area contributed by atoms with Gasteiger partial charge in [-0.3, -0.25) is 0 Å². The molecule has 20 heavy (non-hydrogen) atoms. The van der Waals surface area contributed by atoms with E-state index in [1.165, 1.54) is 11.1 Å². The quantitative estimate of drug-likeness (QED) is 0.915. The summed E-state index contributed by atoms with van der Waals surface area (Å²) in [5.41, 5.74) is 3.43. The maximum absolute atomic E-state index is 5.70. The Hall–Kier alpha value is -2.16. The fourth-order valence-corrected chi connectivity index (χ4v) is 2.60. The summed E-state index contributed by atoms with van der Waals surface area (Å²) in [4.78, 5) is 0. The molecule has 3 rings (SSSR count). The number of anilines is 1. The summed E-state index contributed by atoms with van der Waals surface area (Å²) in [6.45, 7) is 2.80. The lowest BCUT2D eigenvalue weighted by atomic mass is 10.00. The zero-order chi connectivity index (χ0) is 13.9. The van der Waals surface area contributed by atoms with Crippen LogP contribution in [0.2, 0.25) is 0 Å². The van der Waals surface area contributed by atoms with Gasteiger partial charge in [0.25, 0.3) is 0 Å². The van der Waals surface area contributed by atoms with E-state index < -0.39 is 0 Å². The van der Waals surface area contributed by atoms with Crippen LogP contribution in [0.3, 0.4) is 0 Å². The Balaban J connectivity index is 1.89. The van der Waals surface area contributed by atoms with Gasteiger partial charge in [0, 0.05) is 12.0 Å². The third-order valence-electron chi connectivity index (χ3n) is 3.65. The molecule has 0 aromatic heterocycles. The van der Waals surface area contributed by atoms with Crippen molar-refractivity contribution in [3.63, 3.8) is 0 Å². The van der Waals surface area contributed by atoms with E-state index in [0.717, 1.165) is 30.2 Å². The van der Waals surface area contributed by atoms with Crippen LogP contribution in [0.25, 0.3) is 0 Å². The van der Waals surface area contributed by atoms with E-state index in [1.54, 1.807) is 7.11 Å². The summed E-state index contributed by atoms with van der Waals surface area (Å²) in [6, 6.07) is 14.7. The highest BCUT2D eigenvalue weighted by Crippen LogP contribution is 2.36. The van der Waals surface area contributed by atoms with Gasteiger partial charge in [-0.2, -0.15) is 0 Å². The van der Waals surface area contributed by atoms with Gasteiger partial charge in [-0.15, -0.1) is 0 Å². The highest BCUT2D eigenvalue weighted by atomic mass is 16.5. The van der Waals surface area contributed by atoms with E-state index in [1.807, 2.05) is 18.2 Å². The molecule has 0 amide bonds. The molecule has 0 fully saturated rings. The van der Waals surface area contributed by atoms with Crippen LogP contribution in [-0.4, -0.2) is 13.7 Å². The molecule has 104 valence electrons. The first-order chi connectivity index (χ1) is 9.78. The van der Waals surface area contributed by atoms with E-state index in [0.29, 0.717) is 0 Å². The van der Waals surface area contributed by atoms with Gasteiger partial charge in [0.15, 0.2) is 0 Å². The maximum atomic E-state index is 5.70. The van der Waals surface area contributed by atoms with Crippen LogP contribution >= 0.6 is 0 Å². The number of rotatable bonds is 3. The van der Waals surface area contributed by atoms with Gasteiger partial charge < -0.3 is 14.8 Å². The molecule has 1 unspecified atom stereocenters. The third kappa shape index (κ3) is 2.44. The summed E-state index contributed by atoms with van der Waals surface area (Å²) in [5, 5.41) is 3.58. The fourth-order valence-electron chi connectivity index (χ4n) is 2.60. The zero-order valence-corrected chi connectivity index (χ0v) is 11.8. The molecular weight excluding hydrogens is 250 g/mol. The Morgan fingerprint density at radius 1 is 1.20 bits per heavy atom. The Kier molecular flexibility index (Phi) is 3.50. The molecule has 0 bridgehead atoms. The molecule has 0 spiro atoms. The van der Waals surface area contributed by atoms with Gasteiger partial charge in [0.1, 0.15) is 11.5 Å². The predicted octanol–water partition coefficient (Wildman–Crippen LogP) is 3.94. The van der Waals surface area contributed by atoms with Crippen molar-refractivity contribution in [3.8, 4) is 11.5 Å². The number of methoxy groups -OCH3 is 1. The number of para-hydroxylation sites is 1. The van der Waals surface area contributed by atoms with Gasteiger partial charge in [-0.1, -0.05) is 24.3 Å². The number of hydrogen-bond donors (Lipinski definition) is 1. The van der Waals surface area contributed by atoms with Gasteiger partial charge >= 0.3 is 0 Å². The van der Waals surface area contributed by atoms with Crippen molar-refractivity contribution in [2.45, 2.75) is 19.4 Å². The average molecular weight is 269 g/mol. The number of nitrogens with one attached hydrogen (secondary N) is 1. The smallest absolute Gasteiger partial charge is 0.142 e. The number of fused-ring (bicyclic) bond motifs is 1. The minimum absolute atomic E-state index is 0.261. The van der Waals surface area contributed by atoms with Gasteiger partial charge in [0.05, 0.1) is 25.4 Å². The number of aryl methyl sites for hydroxylation is 1. The first kappa shape index (κ1) is 12.9. The first-order valence-electron chi connectivity index (χ1n) is 6.91. The lowest BCUT2D eigenvalue weighted by Gasteiger charge is -2.28. The van der Waals surface area contributed by atoms with Gasteiger partial charge in [-0.05, 0) is 30.7 Å². The number of benzene rings is 2. The molecule has 1 N–H and O–H groups in total. The maximum Gasteiger partial charge on any atom is 0.142 e. The molecule has 2 aromatic carbocycles. The van der Waals surface area contributed by atoms with Crippen LogP contribution in [0, 0.1) is 6.92 Å². The van der Waals surface area contributed by atoms with Crippen molar-refractivity contribution in [2.75, 3.05) is 19.0 Å². The van der Waals surface area contributed by atoms with Crippen LogP contribution in [-0.2, 0) is 0 Å². The summed E-state index contributed by atoms with van der Waals surface area (Å²) < 4.78 is 11.2. The first-order valence-corrected chi connectivity index (χ1v) is 6.91. The molecule has 0 saturated heterocycles. The number of ether oxygens (including phenoxy) is 2. The molecular formula is C17H19NO2. The molecule has 1 heterocycles. The molecule has 2 aromatic rings. The fraction of sp³-hybridized carbons (Fsp3) is 0.294. The normalized spacial score (nSPS) is 17.0. The second-order valence-electron chi connectivity index (χ2n) is 5.08. The number of hydrogen-bond acceptors (Lipinski definition) is 3. The topological polar surface area (TPSA) is 30.5 Å². The highest BCUT2D eigenvalue weighted by molar-refractivity contribution is 5.59. The summed E-state index contributed by atoms with van der Waals surface area (Å²) in [6.07, 6.45) is 0.952. The van der Waals surface area contributed by atoms with Crippen molar-refractivity contribution in [2.24, 2.45) is 0 Å². The van der Waals surface area contributed by atoms with E-state index in [4.69, 9.17) is 9.47 Å². The van der Waals surface area contributed by atoms with E-state index in [-0.39, 0.29) is 6.04 Å². The largest absolute Gasteiger partial charge is 0.495 e. The van der Waals surface area contributed by atoms with Gasteiger partial charge in [0.2, 0.25) is 0 Å². The monoisotopic (exact) mass is 269 g/mol. The molecule has 0 aliphatic carbocycles. The van der Waals surface area contributed by atoms with Crippen LogP contribution in [0.1, 0.15) is 23.6 Å². The van der Waals surface area contributed by atoms with Crippen LogP contribution in [0.15, 0.2) is 42.5 Å². The summed E-state index contributed by atoms with van der Waals surface area (Å²) in [5.74, 6) is 1.86. The lowest BCUT2D eigenvalue weighted by molar-refractivity contribution is 0.274. The van der Waals surface area contributed by atoms with Crippen LogP contribution in [0.5, 0.6) is 11.5 Å². The van der Waals surface area contributed by atoms with Crippen molar-refractivity contribution >= 4 is 5.69 Å². The lowest BCUT2D eigenvalue weighted by Crippen LogP contribution is -2.20. The van der Waals surface area contributed by atoms with Crippen LogP contribution in [0.4, 0.5) is 5.69 Å². The predicted molar refractivity (Wildman–Crippen MR) is 80.6 cm³/mol. The van der Waals surface area contributed by atoms with E-state index >= 15 is 0 Å². The second kappa shape index (κ2) is 5.45. The molecule has 0 saturated carbocycles. The minimum atomic E-state index is 0.261. The average Bonchev–Trinajstić information content (AvgIpc) is 2.49. The Morgan fingerprint density at radius 2 is 2.05 bits per heavy atom. The summed E-state index contributed by atoms with van der Waals surface area (Å²) >= 11 is 0. The SMILES string of the molecule is COc1cc(C)ccc1NC1CCOc2ccccc21. The molecule has 0 radical (unpaired) electrons. The minimum Gasteiger partial charge on any atom is -0.495 e. The van der Waals surface area contributed by atoms with Crippen molar-refractivity contribution in [1.82, 2.24) is 0 Å². The van der Waals surface area contributed by atoms with E-state index in [2.05, 4.69) is 36.5 Å². The zero-order valence-electron chi connectivity index (χ0n) is 11.8. The molecule has 3 heteroatoms. The Morgan fingerprint density at radius 3 is 2.90 bits per heavy atom. The van der Waals surface area contributed by atoms with Gasteiger partial charge in [-0.25, -0.2) is 0 Å². The molecule has 3 nitrogen and oxygen atoms in total. The standard InChI is InChI=1S/C17H19NO2/c1-12-7-8-15(17(11-12)19-2)18-14-9-10-20-16-6-4-3-5-13(14)16/h3-8,11,14,18H,9-10H2,1-2H3. The second-order valence-corrected chi connectivity index (χ2v) is 5.08. The molecule has 1 aliphatic rings. The van der Waals surface area contributed by atoms with Crippen LogP contribution < -0.4 is 14.8 Å². The van der Waals surface area contributed by atoms with Crippen molar-refractivity contribution in [3.05, 3.63) is 53.6 Å². The Labute approximate surface area is 119 Å². The third-order valence-corrected chi connectivity index (χ3v) is 3.65.